The lowest BCUT2D eigenvalue weighted by molar-refractivity contribution is -0.136. The zero-order valence-corrected chi connectivity index (χ0v) is 12.3. The third kappa shape index (κ3) is 4.11. The Balaban J connectivity index is 1.93. The molecule has 0 atom stereocenters. The summed E-state index contributed by atoms with van der Waals surface area (Å²) in [6.07, 6.45) is 0.859. The molecule has 6 nitrogen and oxygen atoms in total. The molecule has 1 amide bonds. The van der Waals surface area contributed by atoms with E-state index in [9.17, 15) is 9.59 Å². The number of hydrogen-bond acceptors (Lipinski definition) is 5. The van der Waals surface area contributed by atoms with E-state index in [2.05, 4.69) is 0 Å². The van der Waals surface area contributed by atoms with Crippen molar-refractivity contribution in [1.82, 2.24) is 4.90 Å². The van der Waals surface area contributed by atoms with Crippen molar-refractivity contribution in [2.45, 2.75) is 12.8 Å². The number of Topliss-reactive ketones (excluding diaryl/α,β-unsaturated/α-hetero) is 1. The number of ketones is 1. The molecule has 21 heavy (non-hydrogen) atoms. The molecule has 0 radical (unpaired) electrons. The molecule has 0 aromatic heterocycles. The largest absolute Gasteiger partial charge is 0.496 e. The molecule has 1 aliphatic rings. The number of methoxy groups -OCH3 is 2. The van der Waals surface area contributed by atoms with E-state index in [1.807, 2.05) is 0 Å². The van der Waals surface area contributed by atoms with E-state index in [0.29, 0.717) is 43.2 Å². The van der Waals surface area contributed by atoms with Crippen LogP contribution in [-0.2, 0) is 9.59 Å². The fourth-order valence-corrected chi connectivity index (χ4v) is 2.11. The molecule has 6 heteroatoms. The maximum atomic E-state index is 12.0. The first-order valence-electron chi connectivity index (χ1n) is 6.77. The molecule has 0 bridgehead atoms. The van der Waals surface area contributed by atoms with Crippen LogP contribution < -0.4 is 14.2 Å². The van der Waals surface area contributed by atoms with Crippen molar-refractivity contribution >= 4 is 11.7 Å². The molecule has 1 heterocycles. The molecular formula is C15H19NO5. The summed E-state index contributed by atoms with van der Waals surface area (Å²) in [5.74, 6) is 1.79. The normalized spacial score (nSPS) is 14.8. The Hall–Kier alpha value is -2.24. The Morgan fingerprint density at radius 3 is 2.10 bits per heavy atom. The van der Waals surface area contributed by atoms with Gasteiger partial charge in [-0.3, -0.25) is 9.59 Å². The van der Waals surface area contributed by atoms with Gasteiger partial charge in [0.25, 0.3) is 5.91 Å². The van der Waals surface area contributed by atoms with Gasteiger partial charge in [0, 0.05) is 44.1 Å². The molecule has 1 aromatic carbocycles. The van der Waals surface area contributed by atoms with Crippen molar-refractivity contribution < 1.29 is 23.8 Å². The number of likely N-dealkylation sites (tertiary alicyclic amines) is 1. The minimum Gasteiger partial charge on any atom is -0.496 e. The maximum absolute atomic E-state index is 12.0. The Labute approximate surface area is 123 Å². The first-order valence-corrected chi connectivity index (χ1v) is 6.77. The molecule has 0 N–H and O–H groups in total. The highest BCUT2D eigenvalue weighted by Gasteiger charge is 2.21. The topological polar surface area (TPSA) is 65.1 Å². The highest BCUT2D eigenvalue weighted by Crippen LogP contribution is 2.27. The Morgan fingerprint density at radius 2 is 1.57 bits per heavy atom. The quantitative estimate of drug-likeness (QED) is 0.818. The van der Waals surface area contributed by atoms with E-state index in [-0.39, 0.29) is 18.3 Å². The lowest BCUT2D eigenvalue weighted by atomic mass is 10.1. The van der Waals surface area contributed by atoms with E-state index in [1.165, 1.54) is 0 Å². The average molecular weight is 293 g/mol. The number of rotatable bonds is 5. The van der Waals surface area contributed by atoms with Gasteiger partial charge in [0.1, 0.15) is 23.0 Å². The second-order valence-electron chi connectivity index (χ2n) is 4.76. The standard InChI is InChI=1S/C15H19NO5/c1-19-12-7-13(20-2)9-14(8-12)21-10-15(18)16-5-3-11(17)4-6-16/h7-9H,3-6,10H2,1-2H3. The molecule has 0 spiro atoms. The van der Waals surface area contributed by atoms with Gasteiger partial charge in [0.05, 0.1) is 14.2 Å². The maximum Gasteiger partial charge on any atom is 0.260 e. The monoisotopic (exact) mass is 293 g/mol. The van der Waals surface area contributed by atoms with Gasteiger partial charge in [0.15, 0.2) is 6.61 Å². The summed E-state index contributed by atoms with van der Waals surface area (Å²) in [7, 11) is 3.10. The summed E-state index contributed by atoms with van der Waals surface area (Å²) in [5, 5.41) is 0. The molecule has 114 valence electrons. The number of piperidine rings is 1. The SMILES string of the molecule is COc1cc(OC)cc(OCC(=O)N2CCC(=O)CC2)c1. The number of amides is 1. The van der Waals surface area contributed by atoms with E-state index >= 15 is 0 Å². The smallest absolute Gasteiger partial charge is 0.260 e. The van der Waals surface area contributed by atoms with Crippen molar-refractivity contribution in [2.24, 2.45) is 0 Å². The van der Waals surface area contributed by atoms with Crippen LogP contribution in [0, 0.1) is 0 Å². The predicted octanol–water partition coefficient (Wildman–Crippen LogP) is 1.27. The Bertz CT molecular complexity index is 497. The number of carbonyl (C=O) groups is 2. The zero-order chi connectivity index (χ0) is 15.2. The van der Waals surface area contributed by atoms with Crippen LogP contribution in [0.5, 0.6) is 17.2 Å². The van der Waals surface area contributed by atoms with Crippen molar-refractivity contribution in [3.05, 3.63) is 18.2 Å². The van der Waals surface area contributed by atoms with Crippen molar-refractivity contribution in [1.29, 1.82) is 0 Å². The van der Waals surface area contributed by atoms with Crippen LogP contribution in [0.4, 0.5) is 0 Å². The summed E-state index contributed by atoms with van der Waals surface area (Å²) in [5.41, 5.74) is 0. The molecule has 2 rings (SSSR count). The molecule has 0 aliphatic carbocycles. The number of hydrogen-bond donors (Lipinski definition) is 0. The molecule has 1 fully saturated rings. The summed E-state index contributed by atoms with van der Waals surface area (Å²) in [6, 6.07) is 5.11. The van der Waals surface area contributed by atoms with Gasteiger partial charge in [-0.05, 0) is 0 Å². The Kier molecular flexibility index (Phi) is 5.03. The lowest BCUT2D eigenvalue weighted by Gasteiger charge is -2.26. The van der Waals surface area contributed by atoms with Crippen molar-refractivity contribution in [2.75, 3.05) is 33.9 Å². The van der Waals surface area contributed by atoms with Gasteiger partial charge >= 0.3 is 0 Å². The van der Waals surface area contributed by atoms with Crippen LogP contribution in [-0.4, -0.2) is 50.5 Å². The van der Waals surface area contributed by atoms with Crippen LogP contribution in [0.15, 0.2) is 18.2 Å². The van der Waals surface area contributed by atoms with Gasteiger partial charge in [-0.15, -0.1) is 0 Å². The summed E-state index contributed by atoms with van der Waals surface area (Å²) >= 11 is 0. The molecule has 1 aromatic rings. The van der Waals surface area contributed by atoms with E-state index in [0.717, 1.165) is 0 Å². The van der Waals surface area contributed by atoms with E-state index in [4.69, 9.17) is 14.2 Å². The van der Waals surface area contributed by atoms with E-state index in [1.54, 1.807) is 37.3 Å². The van der Waals surface area contributed by atoms with Crippen LogP contribution in [0.3, 0.4) is 0 Å². The molecule has 0 unspecified atom stereocenters. The molecule has 1 saturated heterocycles. The van der Waals surface area contributed by atoms with Crippen LogP contribution in [0.2, 0.25) is 0 Å². The van der Waals surface area contributed by atoms with E-state index < -0.39 is 0 Å². The summed E-state index contributed by atoms with van der Waals surface area (Å²) in [6.45, 7) is 0.884. The van der Waals surface area contributed by atoms with Gasteiger partial charge in [-0.25, -0.2) is 0 Å². The molecule has 1 aliphatic heterocycles. The fraction of sp³-hybridized carbons (Fsp3) is 0.467. The number of benzene rings is 1. The first kappa shape index (κ1) is 15.2. The highest BCUT2D eigenvalue weighted by molar-refractivity contribution is 5.84. The second kappa shape index (κ2) is 6.97. The van der Waals surface area contributed by atoms with Crippen molar-refractivity contribution in [3.8, 4) is 17.2 Å². The third-order valence-electron chi connectivity index (χ3n) is 3.36. The first-order chi connectivity index (χ1) is 10.1. The number of nitrogens with zero attached hydrogens (tertiary/aromatic N) is 1. The lowest BCUT2D eigenvalue weighted by Crippen LogP contribution is -2.41. The zero-order valence-electron chi connectivity index (χ0n) is 12.3. The average Bonchev–Trinajstić information content (AvgIpc) is 2.52. The Morgan fingerprint density at radius 1 is 1.05 bits per heavy atom. The molecular weight excluding hydrogens is 274 g/mol. The minimum absolute atomic E-state index is 0.0650. The third-order valence-corrected chi connectivity index (χ3v) is 3.36. The summed E-state index contributed by atoms with van der Waals surface area (Å²) < 4.78 is 15.8. The van der Waals surface area contributed by atoms with Gasteiger partial charge in [0.2, 0.25) is 0 Å². The number of ether oxygens (including phenoxy) is 3. The minimum atomic E-state index is -0.121. The predicted molar refractivity (Wildman–Crippen MR) is 75.9 cm³/mol. The molecule has 0 saturated carbocycles. The summed E-state index contributed by atoms with van der Waals surface area (Å²) in [4.78, 5) is 24.8. The van der Waals surface area contributed by atoms with Crippen LogP contribution in [0.1, 0.15) is 12.8 Å². The van der Waals surface area contributed by atoms with Crippen molar-refractivity contribution in [3.63, 3.8) is 0 Å². The van der Waals surface area contributed by atoms with Gasteiger partial charge in [-0.1, -0.05) is 0 Å². The van der Waals surface area contributed by atoms with Crippen LogP contribution in [0.25, 0.3) is 0 Å². The second-order valence-corrected chi connectivity index (χ2v) is 4.76. The van der Waals surface area contributed by atoms with Gasteiger partial charge in [-0.2, -0.15) is 0 Å². The van der Waals surface area contributed by atoms with Crippen LogP contribution >= 0.6 is 0 Å². The van der Waals surface area contributed by atoms with Gasteiger partial charge < -0.3 is 19.1 Å². The number of carbonyl (C=O) groups excluding carboxylic acids is 2. The fourth-order valence-electron chi connectivity index (χ4n) is 2.11. The highest BCUT2D eigenvalue weighted by atomic mass is 16.5.